The number of ether oxygens (including phenoxy) is 1. The minimum atomic E-state index is -1.65. The van der Waals surface area contributed by atoms with E-state index in [0.29, 0.717) is 26.1 Å². The van der Waals surface area contributed by atoms with Gasteiger partial charge in [-0.2, -0.15) is 0 Å². The van der Waals surface area contributed by atoms with Crippen LogP contribution in [0.25, 0.3) is 10.9 Å². The summed E-state index contributed by atoms with van der Waals surface area (Å²) in [5.74, 6) is -1.51. The number of rotatable bonds is 8. The minimum absolute atomic E-state index is 0.0404. The lowest BCUT2D eigenvalue weighted by Crippen LogP contribution is -2.57. The highest BCUT2D eigenvalue weighted by Crippen LogP contribution is 2.50. The molecule has 0 amide bonds. The molecule has 1 aliphatic carbocycles. The first-order valence-corrected chi connectivity index (χ1v) is 13.2. The van der Waals surface area contributed by atoms with Gasteiger partial charge in [-0.25, -0.2) is 13.2 Å². The van der Waals surface area contributed by atoms with Gasteiger partial charge in [0.1, 0.15) is 30.0 Å². The molecule has 0 bridgehead atoms. The number of para-hydroxylation sites is 1. The van der Waals surface area contributed by atoms with Crippen LogP contribution in [0.4, 0.5) is 17.6 Å². The van der Waals surface area contributed by atoms with Gasteiger partial charge in [0.05, 0.1) is 18.6 Å². The molecule has 3 aliphatic rings. The van der Waals surface area contributed by atoms with E-state index in [9.17, 15) is 4.39 Å². The van der Waals surface area contributed by atoms with Crippen LogP contribution in [0.5, 0.6) is 0 Å². The fourth-order valence-electron chi connectivity index (χ4n) is 6.18. The maximum absolute atomic E-state index is 15.9. The number of hydrogen-bond donors (Lipinski definition) is 1. The Hall–Kier alpha value is -2.32. The zero-order chi connectivity index (χ0) is 26.5. The Morgan fingerprint density at radius 2 is 1.92 bits per heavy atom. The highest BCUT2D eigenvalue weighted by molar-refractivity contribution is 5.85. The second-order valence-corrected chi connectivity index (χ2v) is 12.0. The number of hydrogen-bond acceptors (Lipinski definition) is 3. The Balaban J connectivity index is 1.43. The molecule has 1 unspecified atom stereocenters. The molecule has 3 atom stereocenters. The second-order valence-electron chi connectivity index (χ2n) is 12.0. The number of H-pyrrole nitrogens is 1. The predicted molar refractivity (Wildman–Crippen MR) is 138 cm³/mol. The van der Waals surface area contributed by atoms with Gasteiger partial charge in [-0.1, -0.05) is 18.2 Å². The van der Waals surface area contributed by atoms with Gasteiger partial charge >= 0.3 is 0 Å². The van der Waals surface area contributed by atoms with Gasteiger partial charge in [-0.15, -0.1) is 0 Å². The smallest absolute Gasteiger partial charge is 0.133 e. The lowest BCUT2D eigenvalue weighted by Gasteiger charge is -2.51. The molecule has 1 aromatic carbocycles. The molecule has 0 spiro atoms. The molecule has 1 fully saturated rings. The number of aromatic amines is 1. The summed E-state index contributed by atoms with van der Waals surface area (Å²) >= 11 is 0. The van der Waals surface area contributed by atoms with Gasteiger partial charge in [-0.05, 0) is 51.8 Å². The van der Waals surface area contributed by atoms with E-state index in [4.69, 9.17) is 4.74 Å². The molecule has 5 rings (SSSR count). The van der Waals surface area contributed by atoms with Crippen LogP contribution in [-0.4, -0.2) is 71.6 Å². The van der Waals surface area contributed by atoms with E-state index < -0.39 is 35.2 Å². The van der Waals surface area contributed by atoms with Crippen molar-refractivity contribution < 1.29 is 22.3 Å². The summed E-state index contributed by atoms with van der Waals surface area (Å²) in [5, 5.41) is 1.03. The third-order valence-electron chi connectivity index (χ3n) is 7.94. The standard InChI is InChI=1S/C29H37F4N3O/c1-28(2,33)17-36-27(26-21(13-29(36,3)4)20-7-5-6-8-24(20)34-26)25-22(31)11-19(12-23(25)32)37-10-9-35-15-18(14-30)16-35/h5-8,11-12,18,22,25,27,34H,9-10,13-17H2,1-4H3/t22-,25?,27+/m1/s1. The first-order valence-electron chi connectivity index (χ1n) is 13.2. The number of nitrogens with one attached hydrogen (secondary N) is 1. The molecule has 8 heteroatoms. The van der Waals surface area contributed by atoms with E-state index in [2.05, 4.69) is 9.88 Å². The van der Waals surface area contributed by atoms with Crippen molar-refractivity contribution in [2.45, 2.75) is 57.5 Å². The molecule has 0 radical (unpaired) electrons. The van der Waals surface area contributed by atoms with Crippen molar-refractivity contribution in [3.63, 3.8) is 0 Å². The molecular formula is C29H37F4N3O. The summed E-state index contributed by atoms with van der Waals surface area (Å²) in [6, 6.07) is 7.14. The van der Waals surface area contributed by atoms with E-state index in [1.165, 1.54) is 26.0 Å². The van der Waals surface area contributed by atoms with Crippen molar-refractivity contribution in [1.82, 2.24) is 14.8 Å². The van der Waals surface area contributed by atoms with Gasteiger partial charge in [0.2, 0.25) is 0 Å². The number of aromatic nitrogens is 1. The Bertz CT molecular complexity index is 1190. The zero-order valence-corrected chi connectivity index (χ0v) is 22.0. The third-order valence-corrected chi connectivity index (χ3v) is 7.94. The van der Waals surface area contributed by atoms with Crippen molar-refractivity contribution in [1.29, 1.82) is 0 Å². The average Bonchev–Trinajstić information content (AvgIpc) is 3.13. The van der Waals surface area contributed by atoms with Crippen LogP contribution in [0, 0.1) is 11.8 Å². The number of benzene rings is 1. The third kappa shape index (κ3) is 5.19. The molecule has 2 aliphatic heterocycles. The molecule has 202 valence electrons. The van der Waals surface area contributed by atoms with Gasteiger partial charge in [-0.3, -0.25) is 14.2 Å². The zero-order valence-electron chi connectivity index (χ0n) is 22.0. The topological polar surface area (TPSA) is 31.5 Å². The Labute approximate surface area is 216 Å². The molecule has 1 saturated heterocycles. The molecule has 1 N–H and O–H groups in total. The van der Waals surface area contributed by atoms with E-state index >= 15 is 13.2 Å². The second kappa shape index (κ2) is 9.77. The number of likely N-dealkylation sites (tertiary alicyclic amines) is 1. The fraction of sp³-hybridized carbons (Fsp3) is 0.586. The summed E-state index contributed by atoms with van der Waals surface area (Å²) in [4.78, 5) is 7.42. The number of alkyl halides is 3. The van der Waals surface area contributed by atoms with Crippen molar-refractivity contribution in [3.05, 3.63) is 59.3 Å². The number of fused-ring (bicyclic) bond motifs is 3. The van der Waals surface area contributed by atoms with E-state index in [-0.39, 0.29) is 31.5 Å². The molecular weight excluding hydrogens is 482 g/mol. The molecule has 4 nitrogen and oxygen atoms in total. The van der Waals surface area contributed by atoms with Crippen LogP contribution in [0.1, 0.15) is 45.0 Å². The van der Waals surface area contributed by atoms with Gasteiger partial charge in [0.25, 0.3) is 0 Å². The molecule has 37 heavy (non-hydrogen) atoms. The molecule has 0 saturated carbocycles. The summed E-state index contributed by atoms with van der Waals surface area (Å²) < 4.78 is 65.1. The molecule has 1 aromatic heterocycles. The highest BCUT2D eigenvalue weighted by atomic mass is 19.2. The van der Waals surface area contributed by atoms with Gasteiger partial charge < -0.3 is 9.72 Å². The Morgan fingerprint density at radius 1 is 1.19 bits per heavy atom. The van der Waals surface area contributed by atoms with E-state index in [0.717, 1.165) is 22.2 Å². The lowest BCUT2D eigenvalue weighted by molar-refractivity contribution is -0.0265. The van der Waals surface area contributed by atoms with Crippen LogP contribution >= 0.6 is 0 Å². The van der Waals surface area contributed by atoms with Crippen molar-refractivity contribution >= 4 is 10.9 Å². The van der Waals surface area contributed by atoms with E-state index in [1.807, 2.05) is 43.0 Å². The summed E-state index contributed by atoms with van der Waals surface area (Å²) in [6.45, 7) is 8.97. The van der Waals surface area contributed by atoms with Crippen molar-refractivity contribution in [3.8, 4) is 0 Å². The monoisotopic (exact) mass is 519 g/mol. The normalized spacial score (nSPS) is 27.0. The maximum atomic E-state index is 15.9. The SMILES string of the molecule is CC(C)(F)CN1[C@@H](C2C(F)=CC(OCCN3CC(CF)C3)=C[C@H]2F)c2[nH]c3ccccc3c2CC1(C)C. The van der Waals surface area contributed by atoms with Gasteiger partial charge in [0.15, 0.2) is 0 Å². The number of halogens is 4. The molecule has 2 aromatic rings. The molecule has 3 heterocycles. The van der Waals surface area contributed by atoms with E-state index in [1.54, 1.807) is 0 Å². The van der Waals surface area contributed by atoms with Crippen molar-refractivity contribution in [2.75, 3.05) is 39.5 Å². The summed E-state index contributed by atoms with van der Waals surface area (Å²) in [7, 11) is 0. The van der Waals surface area contributed by atoms with Crippen LogP contribution in [0.2, 0.25) is 0 Å². The van der Waals surface area contributed by atoms with Crippen LogP contribution < -0.4 is 0 Å². The number of nitrogens with zero attached hydrogens (tertiary/aromatic N) is 2. The highest BCUT2D eigenvalue weighted by Gasteiger charge is 2.50. The largest absolute Gasteiger partial charge is 0.492 e. The van der Waals surface area contributed by atoms with Crippen LogP contribution in [0.15, 0.2) is 48.0 Å². The Morgan fingerprint density at radius 3 is 2.59 bits per heavy atom. The van der Waals surface area contributed by atoms with Gasteiger partial charge in [0, 0.05) is 60.3 Å². The first-order chi connectivity index (χ1) is 17.5. The fourth-order valence-corrected chi connectivity index (χ4v) is 6.18. The lowest BCUT2D eigenvalue weighted by atomic mass is 9.76. The summed E-state index contributed by atoms with van der Waals surface area (Å²) in [6.07, 6.45) is 1.59. The van der Waals surface area contributed by atoms with Crippen LogP contribution in [0.3, 0.4) is 0 Å². The predicted octanol–water partition coefficient (Wildman–Crippen LogP) is 6.22. The maximum Gasteiger partial charge on any atom is 0.133 e. The first kappa shape index (κ1) is 26.3. The quantitative estimate of drug-likeness (QED) is 0.421. The average molecular weight is 520 g/mol. The summed E-state index contributed by atoms with van der Waals surface area (Å²) in [5.41, 5.74) is 0.610. The van der Waals surface area contributed by atoms with Crippen molar-refractivity contribution in [2.24, 2.45) is 11.8 Å². The minimum Gasteiger partial charge on any atom is -0.492 e. The van der Waals surface area contributed by atoms with Crippen LogP contribution in [-0.2, 0) is 11.2 Å². The number of allylic oxidation sites excluding steroid dienone is 2. The Kier molecular flexibility index (Phi) is 6.94.